The Bertz CT molecular complexity index is 221. The van der Waals surface area contributed by atoms with Crippen molar-refractivity contribution in [2.45, 2.75) is 13.1 Å². The van der Waals surface area contributed by atoms with Gasteiger partial charge in [-0.1, -0.05) is 6.92 Å². The highest BCUT2D eigenvalue weighted by Gasteiger charge is 2.27. The SMILES string of the molecule is CC(CN(C)CCOCC(F)(F)F)C(=O)O. The van der Waals surface area contributed by atoms with E-state index in [1.54, 1.807) is 11.9 Å². The molecular weight excluding hydrogens is 227 g/mol. The quantitative estimate of drug-likeness (QED) is 0.683. The van der Waals surface area contributed by atoms with Crippen LogP contribution in [-0.4, -0.2) is 55.5 Å². The predicted octanol–water partition coefficient (Wildman–Crippen LogP) is 1.22. The number of carboxylic acid groups (broad SMARTS) is 1. The summed E-state index contributed by atoms with van der Waals surface area (Å²) in [6.07, 6.45) is -4.31. The summed E-state index contributed by atoms with van der Waals surface area (Å²) in [6, 6.07) is 0. The lowest BCUT2D eigenvalue weighted by Crippen LogP contribution is -2.32. The molecule has 0 rings (SSSR count). The summed E-state index contributed by atoms with van der Waals surface area (Å²) in [6.45, 7) is 0.755. The lowest BCUT2D eigenvalue weighted by molar-refractivity contribution is -0.174. The molecule has 0 radical (unpaired) electrons. The molecule has 1 unspecified atom stereocenters. The molecule has 16 heavy (non-hydrogen) atoms. The average molecular weight is 243 g/mol. The van der Waals surface area contributed by atoms with Gasteiger partial charge in [0.25, 0.3) is 0 Å². The van der Waals surface area contributed by atoms with Crippen LogP contribution in [0.4, 0.5) is 13.2 Å². The van der Waals surface area contributed by atoms with E-state index >= 15 is 0 Å². The molecule has 0 heterocycles. The highest BCUT2D eigenvalue weighted by Crippen LogP contribution is 2.14. The fourth-order valence-electron chi connectivity index (χ4n) is 1.05. The van der Waals surface area contributed by atoms with Crippen LogP contribution in [-0.2, 0) is 9.53 Å². The Morgan fingerprint density at radius 3 is 2.50 bits per heavy atom. The first-order valence-electron chi connectivity index (χ1n) is 4.78. The summed E-state index contributed by atoms with van der Waals surface area (Å²) >= 11 is 0. The topological polar surface area (TPSA) is 49.8 Å². The van der Waals surface area contributed by atoms with Crippen LogP contribution in [0.5, 0.6) is 0 Å². The van der Waals surface area contributed by atoms with Crippen molar-refractivity contribution in [3.05, 3.63) is 0 Å². The third-order valence-corrected chi connectivity index (χ3v) is 1.89. The first-order chi connectivity index (χ1) is 7.22. The van der Waals surface area contributed by atoms with Crippen molar-refractivity contribution in [3.8, 4) is 0 Å². The Balaban J connectivity index is 3.59. The van der Waals surface area contributed by atoms with Gasteiger partial charge in [-0.3, -0.25) is 4.79 Å². The van der Waals surface area contributed by atoms with E-state index in [0.717, 1.165) is 0 Å². The molecule has 0 spiro atoms. The summed E-state index contributed by atoms with van der Waals surface area (Å²) in [7, 11) is 1.64. The Labute approximate surface area is 92.0 Å². The van der Waals surface area contributed by atoms with Gasteiger partial charge in [-0.25, -0.2) is 0 Å². The van der Waals surface area contributed by atoms with Crippen molar-refractivity contribution < 1.29 is 27.8 Å². The number of rotatable bonds is 7. The van der Waals surface area contributed by atoms with E-state index in [2.05, 4.69) is 4.74 Å². The number of nitrogens with zero attached hydrogens (tertiary/aromatic N) is 1. The molecule has 0 aromatic rings. The number of aliphatic carboxylic acids is 1. The number of ether oxygens (including phenoxy) is 1. The zero-order chi connectivity index (χ0) is 12.8. The zero-order valence-corrected chi connectivity index (χ0v) is 9.25. The predicted molar refractivity (Wildman–Crippen MR) is 51.2 cm³/mol. The number of hydrogen-bond acceptors (Lipinski definition) is 3. The standard InChI is InChI=1S/C9H16F3NO3/c1-7(8(14)15)5-13(2)3-4-16-6-9(10,11)12/h7H,3-6H2,1-2H3,(H,14,15). The van der Waals surface area contributed by atoms with E-state index < -0.39 is 24.7 Å². The van der Waals surface area contributed by atoms with Crippen molar-refractivity contribution in [2.75, 3.05) is 33.4 Å². The van der Waals surface area contributed by atoms with E-state index in [4.69, 9.17) is 5.11 Å². The highest BCUT2D eigenvalue weighted by atomic mass is 19.4. The number of carbonyl (C=O) groups is 1. The monoisotopic (exact) mass is 243 g/mol. The zero-order valence-electron chi connectivity index (χ0n) is 9.25. The van der Waals surface area contributed by atoms with Gasteiger partial charge in [-0.2, -0.15) is 13.2 Å². The maximum absolute atomic E-state index is 11.7. The van der Waals surface area contributed by atoms with Crippen LogP contribution in [0.2, 0.25) is 0 Å². The van der Waals surface area contributed by atoms with E-state index in [-0.39, 0.29) is 19.7 Å². The van der Waals surface area contributed by atoms with E-state index in [0.29, 0.717) is 0 Å². The molecule has 96 valence electrons. The molecule has 4 nitrogen and oxygen atoms in total. The third kappa shape index (κ3) is 8.49. The van der Waals surface area contributed by atoms with Crippen molar-refractivity contribution in [3.63, 3.8) is 0 Å². The molecule has 0 fully saturated rings. The normalized spacial score (nSPS) is 14.1. The Morgan fingerprint density at radius 2 is 2.06 bits per heavy atom. The number of carboxylic acids is 1. The second-order valence-corrected chi connectivity index (χ2v) is 3.67. The van der Waals surface area contributed by atoms with Crippen LogP contribution in [0, 0.1) is 5.92 Å². The summed E-state index contributed by atoms with van der Waals surface area (Å²) in [5.74, 6) is -1.48. The van der Waals surface area contributed by atoms with Gasteiger partial charge < -0.3 is 14.7 Å². The molecular formula is C9H16F3NO3. The molecule has 0 bridgehead atoms. The van der Waals surface area contributed by atoms with Crippen molar-refractivity contribution in [1.82, 2.24) is 4.90 Å². The molecule has 0 aliphatic rings. The molecule has 0 saturated heterocycles. The van der Waals surface area contributed by atoms with E-state index in [1.807, 2.05) is 0 Å². The average Bonchev–Trinajstić information content (AvgIpc) is 2.10. The molecule has 0 aromatic carbocycles. The Kier molecular flexibility index (Phi) is 6.35. The molecule has 0 aliphatic heterocycles. The van der Waals surface area contributed by atoms with Gasteiger partial charge in [0.2, 0.25) is 0 Å². The third-order valence-electron chi connectivity index (χ3n) is 1.89. The first kappa shape index (κ1) is 15.2. The van der Waals surface area contributed by atoms with E-state index in [9.17, 15) is 18.0 Å². The summed E-state index contributed by atoms with van der Waals surface area (Å²) in [4.78, 5) is 12.1. The van der Waals surface area contributed by atoms with Gasteiger partial charge in [-0.15, -0.1) is 0 Å². The summed E-state index contributed by atoms with van der Waals surface area (Å²) in [5.41, 5.74) is 0. The van der Waals surface area contributed by atoms with Gasteiger partial charge in [0.05, 0.1) is 12.5 Å². The van der Waals surface area contributed by atoms with Gasteiger partial charge >= 0.3 is 12.1 Å². The minimum absolute atomic E-state index is 0.0671. The smallest absolute Gasteiger partial charge is 0.411 e. The maximum atomic E-state index is 11.7. The molecule has 0 aromatic heterocycles. The van der Waals surface area contributed by atoms with Crippen LogP contribution in [0.3, 0.4) is 0 Å². The fraction of sp³-hybridized carbons (Fsp3) is 0.889. The molecule has 1 atom stereocenters. The van der Waals surface area contributed by atoms with Gasteiger partial charge in [0.15, 0.2) is 0 Å². The van der Waals surface area contributed by atoms with E-state index in [1.165, 1.54) is 6.92 Å². The number of alkyl halides is 3. The number of hydrogen-bond donors (Lipinski definition) is 1. The van der Waals surface area contributed by atoms with Crippen LogP contribution in [0.15, 0.2) is 0 Å². The Morgan fingerprint density at radius 1 is 1.50 bits per heavy atom. The molecule has 7 heteroatoms. The van der Waals surface area contributed by atoms with Gasteiger partial charge in [0.1, 0.15) is 6.61 Å². The maximum Gasteiger partial charge on any atom is 0.411 e. The largest absolute Gasteiger partial charge is 0.481 e. The molecule has 1 N–H and O–H groups in total. The number of halogens is 3. The lowest BCUT2D eigenvalue weighted by atomic mass is 10.2. The minimum Gasteiger partial charge on any atom is -0.481 e. The summed E-state index contributed by atoms with van der Waals surface area (Å²) in [5, 5.41) is 8.60. The highest BCUT2D eigenvalue weighted by molar-refractivity contribution is 5.69. The van der Waals surface area contributed by atoms with Crippen molar-refractivity contribution in [1.29, 1.82) is 0 Å². The van der Waals surface area contributed by atoms with Gasteiger partial charge in [-0.05, 0) is 7.05 Å². The van der Waals surface area contributed by atoms with Crippen LogP contribution in [0.1, 0.15) is 6.92 Å². The molecule has 0 amide bonds. The lowest BCUT2D eigenvalue weighted by Gasteiger charge is -2.19. The fourth-order valence-corrected chi connectivity index (χ4v) is 1.05. The second-order valence-electron chi connectivity index (χ2n) is 3.67. The van der Waals surface area contributed by atoms with Gasteiger partial charge in [0, 0.05) is 13.1 Å². The van der Waals surface area contributed by atoms with Crippen LogP contribution in [0.25, 0.3) is 0 Å². The molecule has 0 aliphatic carbocycles. The second kappa shape index (κ2) is 6.70. The van der Waals surface area contributed by atoms with Crippen LogP contribution >= 0.6 is 0 Å². The summed E-state index contributed by atoms with van der Waals surface area (Å²) < 4.78 is 39.4. The van der Waals surface area contributed by atoms with Crippen LogP contribution < -0.4 is 0 Å². The molecule has 0 saturated carbocycles. The minimum atomic E-state index is -4.31. The van der Waals surface area contributed by atoms with Crippen molar-refractivity contribution >= 4 is 5.97 Å². The van der Waals surface area contributed by atoms with Crippen molar-refractivity contribution in [2.24, 2.45) is 5.92 Å². The first-order valence-corrected chi connectivity index (χ1v) is 4.78. The number of likely N-dealkylation sites (N-methyl/N-ethyl adjacent to an activating group) is 1. The Hall–Kier alpha value is -0.820.